The summed E-state index contributed by atoms with van der Waals surface area (Å²) in [5.74, 6) is -1.75. The lowest BCUT2D eigenvalue weighted by Crippen LogP contribution is -2.52. The van der Waals surface area contributed by atoms with Crippen molar-refractivity contribution in [2.45, 2.75) is 30.7 Å². The summed E-state index contributed by atoms with van der Waals surface area (Å²) >= 11 is 0. The largest absolute Gasteiger partial charge is 0.357 e. The van der Waals surface area contributed by atoms with Crippen molar-refractivity contribution < 1.29 is 22.4 Å². The molecule has 0 aliphatic heterocycles. The van der Waals surface area contributed by atoms with E-state index in [1.807, 2.05) is 30.3 Å². The maximum atomic E-state index is 14.8. The summed E-state index contributed by atoms with van der Waals surface area (Å²) in [6, 6.07) is 21.6. The number of hydrogen-bond acceptors (Lipinski definition) is 4. The summed E-state index contributed by atoms with van der Waals surface area (Å²) in [5.41, 5.74) is 0.718. The van der Waals surface area contributed by atoms with E-state index < -0.39 is 34.3 Å². The van der Waals surface area contributed by atoms with Crippen LogP contribution in [0, 0.1) is 5.82 Å². The summed E-state index contributed by atoms with van der Waals surface area (Å²) in [4.78, 5) is 27.6. The Bertz CT molecular complexity index is 1270. The number of para-hydroxylation sites is 1. The van der Waals surface area contributed by atoms with Gasteiger partial charge >= 0.3 is 0 Å². The zero-order valence-electron chi connectivity index (χ0n) is 20.3. The molecule has 0 aromatic heterocycles. The summed E-state index contributed by atoms with van der Waals surface area (Å²) in [6.07, 6.45) is 0.788. The predicted molar refractivity (Wildman–Crippen MR) is 137 cm³/mol. The van der Waals surface area contributed by atoms with E-state index in [0.717, 1.165) is 15.9 Å². The smallest absolute Gasteiger partial charge is 0.264 e. The van der Waals surface area contributed by atoms with E-state index in [4.69, 9.17) is 0 Å². The second-order valence-electron chi connectivity index (χ2n) is 8.14. The summed E-state index contributed by atoms with van der Waals surface area (Å²) < 4.78 is 42.7. The molecule has 0 fully saturated rings. The van der Waals surface area contributed by atoms with Gasteiger partial charge in [0.2, 0.25) is 11.8 Å². The van der Waals surface area contributed by atoms with Crippen molar-refractivity contribution >= 4 is 27.5 Å². The Labute approximate surface area is 211 Å². The van der Waals surface area contributed by atoms with Gasteiger partial charge in [0.15, 0.2) is 0 Å². The molecule has 0 unspecified atom stereocenters. The van der Waals surface area contributed by atoms with Gasteiger partial charge in [-0.25, -0.2) is 12.8 Å². The van der Waals surface area contributed by atoms with Crippen molar-refractivity contribution in [3.05, 3.63) is 96.3 Å². The van der Waals surface area contributed by atoms with Crippen molar-refractivity contribution in [2.75, 3.05) is 24.4 Å². The molecule has 0 aliphatic rings. The number of sulfonamides is 1. The number of anilines is 1. The number of carbonyl (C=O) groups is 2. The van der Waals surface area contributed by atoms with Gasteiger partial charge in [0.25, 0.3) is 10.0 Å². The molecule has 0 bridgehead atoms. The maximum Gasteiger partial charge on any atom is 0.264 e. The SMILES string of the molecule is CC[C@H](C(=O)NC)N(CCc1ccccc1)C(=O)CN(c1ccccc1F)S(=O)(=O)c1ccccc1. The van der Waals surface area contributed by atoms with Crippen LogP contribution < -0.4 is 9.62 Å². The second-order valence-corrected chi connectivity index (χ2v) is 10.00. The van der Waals surface area contributed by atoms with Crippen LogP contribution in [0.15, 0.2) is 89.8 Å². The van der Waals surface area contributed by atoms with Crippen molar-refractivity contribution in [2.24, 2.45) is 0 Å². The number of amides is 2. The first-order valence-corrected chi connectivity index (χ1v) is 13.1. The summed E-state index contributed by atoms with van der Waals surface area (Å²) in [6.45, 7) is 1.30. The highest BCUT2D eigenvalue weighted by molar-refractivity contribution is 7.92. The lowest BCUT2D eigenvalue weighted by atomic mass is 10.1. The Morgan fingerprint density at radius 3 is 2.08 bits per heavy atom. The number of carbonyl (C=O) groups excluding carboxylic acids is 2. The molecule has 9 heteroatoms. The van der Waals surface area contributed by atoms with Crippen LogP contribution in [0.4, 0.5) is 10.1 Å². The molecule has 0 saturated carbocycles. The van der Waals surface area contributed by atoms with E-state index in [2.05, 4.69) is 5.32 Å². The van der Waals surface area contributed by atoms with Crippen molar-refractivity contribution in [1.82, 2.24) is 10.2 Å². The number of likely N-dealkylation sites (N-methyl/N-ethyl adjacent to an activating group) is 1. The van der Waals surface area contributed by atoms with Gasteiger partial charge in [-0.3, -0.25) is 13.9 Å². The monoisotopic (exact) mass is 511 g/mol. The van der Waals surface area contributed by atoms with Crippen LogP contribution in [-0.2, 0) is 26.0 Å². The predicted octanol–water partition coefficient (Wildman–Crippen LogP) is 3.62. The lowest BCUT2D eigenvalue weighted by molar-refractivity contribution is -0.139. The lowest BCUT2D eigenvalue weighted by Gasteiger charge is -2.33. The normalized spacial score (nSPS) is 12.0. The zero-order chi connectivity index (χ0) is 26.1. The fourth-order valence-corrected chi connectivity index (χ4v) is 5.39. The third-order valence-corrected chi connectivity index (χ3v) is 7.62. The number of halogens is 1. The Hall–Kier alpha value is -3.72. The molecule has 0 heterocycles. The third-order valence-electron chi connectivity index (χ3n) is 5.85. The van der Waals surface area contributed by atoms with Crippen LogP contribution >= 0.6 is 0 Å². The highest BCUT2D eigenvalue weighted by atomic mass is 32.2. The minimum atomic E-state index is -4.29. The molecule has 0 spiro atoms. The molecule has 190 valence electrons. The second kappa shape index (κ2) is 12.3. The van der Waals surface area contributed by atoms with Gasteiger partial charge in [-0.1, -0.05) is 67.6 Å². The minimum absolute atomic E-state index is 0.0739. The van der Waals surface area contributed by atoms with Gasteiger partial charge in [-0.2, -0.15) is 0 Å². The topological polar surface area (TPSA) is 86.8 Å². The van der Waals surface area contributed by atoms with Gasteiger partial charge in [-0.15, -0.1) is 0 Å². The molecule has 3 aromatic rings. The standard InChI is InChI=1S/C27H30FN3O4S/c1-3-24(27(33)29-2)30(19-18-21-12-6-4-7-13-21)26(32)20-31(25-17-11-10-16-23(25)28)36(34,35)22-14-8-5-9-15-22/h4-17,24H,3,18-20H2,1-2H3,(H,29,33)/t24-/m1/s1. The first kappa shape index (κ1) is 26.9. The van der Waals surface area contributed by atoms with E-state index >= 15 is 0 Å². The van der Waals surface area contributed by atoms with Crippen LogP contribution in [0.2, 0.25) is 0 Å². The van der Waals surface area contributed by atoms with Gasteiger partial charge in [0, 0.05) is 13.6 Å². The van der Waals surface area contributed by atoms with Crippen LogP contribution in [0.5, 0.6) is 0 Å². The summed E-state index contributed by atoms with van der Waals surface area (Å²) in [5, 5.41) is 2.58. The molecular formula is C27H30FN3O4S. The molecular weight excluding hydrogens is 481 g/mol. The fraction of sp³-hybridized carbons (Fsp3) is 0.259. The van der Waals surface area contributed by atoms with Crippen molar-refractivity contribution in [3.8, 4) is 0 Å². The molecule has 1 atom stereocenters. The van der Waals surface area contributed by atoms with E-state index in [-0.39, 0.29) is 23.0 Å². The quantitative estimate of drug-likeness (QED) is 0.426. The molecule has 1 N–H and O–H groups in total. The van der Waals surface area contributed by atoms with Crippen molar-refractivity contribution in [1.29, 1.82) is 0 Å². The fourth-order valence-electron chi connectivity index (χ4n) is 3.95. The molecule has 2 amide bonds. The first-order chi connectivity index (χ1) is 17.3. The Morgan fingerprint density at radius 2 is 1.50 bits per heavy atom. The number of benzene rings is 3. The van der Waals surface area contributed by atoms with Gasteiger partial charge in [0.05, 0.1) is 10.6 Å². The van der Waals surface area contributed by atoms with Crippen LogP contribution in [-0.4, -0.2) is 51.3 Å². The van der Waals surface area contributed by atoms with E-state index in [9.17, 15) is 22.4 Å². The molecule has 3 rings (SSSR count). The number of hydrogen-bond donors (Lipinski definition) is 1. The van der Waals surface area contributed by atoms with Gasteiger partial charge < -0.3 is 10.2 Å². The summed E-state index contributed by atoms with van der Waals surface area (Å²) in [7, 11) is -2.80. The van der Waals surface area contributed by atoms with Crippen LogP contribution in [0.1, 0.15) is 18.9 Å². The van der Waals surface area contributed by atoms with Gasteiger partial charge in [-0.05, 0) is 42.7 Å². The molecule has 0 saturated heterocycles. The zero-order valence-corrected chi connectivity index (χ0v) is 21.1. The van der Waals surface area contributed by atoms with Gasteiger partial charge in [0.1, 0.15) is 18.4 Å². The Balaban J connectivity index is 2.00. The number of nitrogens with one attached hydrogen (secondary N) is 1. The van der Waals surface area contributed by atoms with Crippen LogP contribution in [0.25, 0.3) is 0 Å². The third kappa shape index (κ3) is 6.28. The molecule has 36 heavy (non-hydrogen) atoms. The van der Waals surface area contributed by atoms with E-state index in [0.29, 0.717) is 12.8 Å². The average Bonchev–Trinajstić information content (AvgIpc) is 2.90. The average molecular weight is 512 g/mol. The highest BCUT2D eigenvalue weighted by Gasteiger charge is 2.34. The molecule has 0 radical (unpaired) electrons. The van der Waals surface area contributed by atoms with E-state index in [1.54, 1.807) is 25.1 Å². The Morgan fingerprint density at radius 1 is 0.917 bits per heavy atom. The minimum Gasteiger partial charge on any atom is -0.357 e. The maximum absolute atomic E-state index is 14.8. The number of rotatable bonds is 11. The first-order valence-electron chi connectivity index (χ1n) is 11.7. The molecule has 0 aliphatic carbocycles. The van der Waals surface area contributed by atoms with Crippen molar-refractivity contribution in [3.63, 3.8) is 0 Å². The molecule has 7 nitrogen and oxygen atoms in total. The number of nitrogens with zero attached hydrogens (tertiary/aromatic N) is 2. The van der Waals surface area contributed by atoms with E-state index in [1.165, 1.54) is 42.3 Å². The molecule has 3 aromatic carbocycles. The highest BCUT2D eigenvalue weighted by Crippen LogP contribution is 2.26. The van der Waals surface area contributed by atoms with Crippen LogP contribution in [0.3, 0.4) is 0 Å². The Kier molecular flexibility index (Phi) is 9.19.